The van der Waals surface area contributed by atoms with Crippen molar-refractivity contribution >= 4 is 0 Å². The van der Waals surface area contributed by atoms with E-state index in [1.807, 2.05) is 42.7 Å². The molecule has 1 heterocycles. The predicted molar refractivity (Wildman–Crippen MR) is 82.1 cm³/mol. The highest BCUT2D eigenvalue weighted by Crippen LogP contribution is 2.16. The highest BCUT2D eigenvalue weighted by Gasteiger charge is 2.03. The second-order valence-electron chi connectivity index (χ2n) is 4.87. The molecule has 0 saturated carbocycles. The molecule has 0 radical (unpaired) electrons. The minimum atomic E-state index is 0.575. The topological polar surface area (TPSA) is 49.1 Å². The Morgan fingerprint density at radius 2 is 1.90 bits per heavy atom. The van der Waals surface area contributed by atoms with Gasteiger partial charge in [-0.25, -0.2) is 0 Å². The van der Waals surface area contributed by atoms with Gasteiger partial charge in [-0.15, -0.1) is 0 Å². The van der Waals surface area contributed by atoms with E-state index < -0.39 is 0 Å². The smallest absolute Gasteiger partial charge is 0.137 e. The fourth-order valence-electron chi connectivity index (χ4n) is 1.98. The van der Waals surface area contributed by atoms with Gasteiger partial charge < -0.3 is 9.64 Å². The molecule has 0 N–H and O–H groups in total. The van der Waals surface area contributed by atoms with Gasteiger partial charge in [0.2, 0.25) is 0 Å². The Morgan fingerprint density at radius 3 is 2.67 bits per heavy atom. The molecule has 21 heavy (non-hydrogen) atoms. The van der Waals surface area contributed by atoms with Crippen molar-refractivity contribution in [3.8, 4) is 11.8 Å². The zero-order chi connectivity index (χ0) is 14.9. The first-order valence-corrected chi connectivity index (χ1v) is 6.99. The third kappa shape index (κ3) is 4.90. The van der Waals surface area contributed by atoms with Crippen LogP contribution in [0, 0.1) is 11.3 Å². The van der Waals surface area contributed by atoms with Crippen molar-refractivity contribution in [3.05, 3.63) is 59.9 Å². The number of nitriles is 1. The summed E-state index contributed by atoms with van der Waals surface area (Å²) in [6.45, 7) is 2.36. The Hall–Kier alpha value is -2.38. The largest absolute Gasteiger partial charge is 0.491 e. The second-order valence-corrected chi connectivity index (χ2v) is 4.87. The molecule has 4 heteroatoms. The highest BCUT2D eigenvalue weighted by atomic mass is 16.5. The summed E-state index contributed by atoms with van der Waals surface area (Å²) >= 11 is 0. The molecule has 4 nitrogen and oxygen atoms in total. The zero-order valence-electron chi connectivity index (χ0n) is 12.2. The van der Waals surface area contributed by atoms with E-state index in [0.29, 0.717) is 17.9 Å². The van der Waals surface area contributed by atoms with Gasteiger partial charge in [-0.3, -0.25) is 4.98 Å². The molecule has 0 aliphatic rings. The summed E-state index contributed by atoms with van der Waals surface area (Å²) in [7, 11) is 2.07. The van der Waals surface area contributed by atoms with Gasteiger partial charge in [-0.05, 0) is 43.3 Å². The number of nitrogens with zero attached hydrogens (tertiary/aromatic N) is 3. The lowest BCUT2D eigenvalue weighted by Crippen LogP contribution is -2.26. The van der Waals surface area contributed by atoms with Crippen molar-refractivity contribution in [1.82, 2.24) is 9.88 Å². The van der Waals surface area contributed by atoms with Crippen molar-refractivity contribution < 1.29 is 4.74 Å². The van der Waals surface area contributed by atoms with E-state index in [9.17, 15) is 0 Å². The van der Waals surface area contributed by atoms with E-state index >= 15 is 0 Å². The maximum Gasteiger partial charge on any atom is 0.137 e. The molecule has 2 rings (SSSR count). The SMILES string of the molecule is CN(CCOc1ccccc1C#N)CCc1ccncc1. The zero-order valence-corrected chi connectivity index (χ0v) is 12.2. The van der Waals surface area contributed by atoms with Crippen LogP contribution in [0.5, 0.6) is 5.75 Å². The summed E-state index contributed by atoms with van der Waals surface area (Å²) in [5.41, 5.74) is 1.87. The Bertz CT molecular complexity index is 592. The van der Waals surface area contributed by atoms with Gasteiger partial charge >= 0.3 is 0 Å². The maximum absolute atomic E-state index is 8.99. The van der Waals surface area contributed by atoms with Crippen LogP contribution in [0.3, 0.4) is 0 Å². The maximum atomic E-state index is 8.99. The van der Waals surface area contributed by atoms with Crippen LogP contribution >= 0.6 is 0 Å². The van der Waals surface area contributed by atoms with Crippen LogP contribution in [-0.2, 0) is 6.42 Å². The summed E-state index contributed by atoms with van der Waals surface area (Å²) in [6.07, 6.45) is 4.63. The molecule has 0 atom stereocenters. The lowest BCUT2D eigenvalue weighted by molar-refractivity contribution is 0.238. The van der Waals surface area contributed by atoms with Crippen molar-refractivity contribution in [2.75, 3.05) is 26.7 Å². The molecule has 2 aromatic rings. The molecule has 0 bridgehead atoms. The van der Waals surface area contributed by atoms with Crippen LogP contribution in [0.15, 0.2) is 48.8 Å². The number of aromatic nitrogens is 1. The fraction of sp³-hybridized carbons (Fsp3) is 0.294. The number of likely N-dealkylation sites (N-methyl/N-ethyl adjacent to an activating group) is 1. The molecule has 1 aromatic carbocycles. The second kappa shape index (κ2) is 8.03. The summed E-state index contributed by atoms with van der Waals surface area (Å²) in [6, 6.07) is 13.5. The van der Waals surface area contributed by atoms with Crippen molar-refractivity contribution in [2.24, 2.45) is 0 Å². The van der Waals surface area contributed by atoms with Gasteiger partial charge in [-0.2, -0.15) is 5.26 Å². The molecule has 0 saturated heterocycles. The van der Waals surface area contributed by atoms with Gasteiger partial charge in [0.05, 0.1) is 5.56 Å². The van der Waals surface area contributed by atoms with Gasteiger partial charge in [0.15, 0.2) is 0 Å². The van der Waals surface area contributed by atoms with Gasteiger partial charge in [0, 0.05) is 25.5 Å². The number of hydrogen-bond donors (Lipinski definition) is 0. The van der Waals surface area contributed by atoms with Crippen LogP contribution in [0.1, 0.15) is 11.1 Å². The quantitative estimate of drug-likeness (QED) is 0.782. The summed E-state index contributed by atoms with van der Waals surface area (Å²) in [5, 5.41) is 8.99. The first kappa shape index (κ1) is 15.0. The van der Waals surface area contributed by atoms with E-state index in [0.717, 1.165) is 19.5 Å². The van der Waals surface area contributed by atoms with Crippen LogP contribution in [-0.4, -0.2) is 36.6 Å². The van der Waals surface area contributed by atoms with Gasteiger partial charge in [0.25, 0.3) is 0 Å². The number of pyridine rings is 1. The first-order chi connectivity index (χ1) is 10.3. The minimum absolute atomic E-state index is 0.575. The van der Waals surface area contributed by atoms with Crippen LogP contribution < -0.4 is 4.74 Å². The summed E-state index contributed by atoms with van der Waals surface area (Å²) in [5.74, 6) is 0.655. The van der Waals surface area contributed by atoms with Crippen molar-refractivity contribution in [2.45, 2.75) is 6.42 Å². The molecule has 0 unspecified atom stereocenters. The molecular weight excluding hydrogens is 262 g/mol. The van der Waals surface area contributed by atoms with E-state index in [1.165, 1.54) is 5.56 Å². The standard InChI is InChI=1S/C17H19N3O/c1-20(11-8-15-6-9-19-10-7-15)12-13-21-17-5-3-2-4-16(17)14-18/h2-7,9-10H,8,11-13H2,1H3. The first-order valence-electron chi connectivity index (χ1n) is 6.99. The Kier molecular flexibility index (Phi) is 5.74. The van der Waals surface area contributed by atoms with Crippen molar-refractivity contribution in [1.29, 1.82) is 5.26 Å². The number of para-hydroxylation sites is 1. The number of rotatable bonds is 7. The normalized spacial score (nSPS) is 10.3. The van der Waals surface area contributed by atoms with Crippen molar-refractivity contribution in [3.63, 3.8) is 0 Å². The van der Waals surface area contributed by atoms with E-state index in [4.69, 9.17) is 10.00 Å². The third-order valence-corrected chi connectivity index (χ3v) is 3.27. The molecule has 0 fully saturated rings. The Labute approximate surface area is 125 Å². The molecule has 0 aliphatic carbocycles. The Morgan fingerprint density at radius 1 is 1.14 bits per heavy atom. The summed E-state index contributed by atoms with van der Waals surface area (Å²) in [4.78, 5) is 6.23. The van der Waals surface area contributed by atoms with Crippen LogP contribution in [0.4, 0.5) is 0 Å². The molecule has 0 spiro atoms. The third-order valence-electron chi connectivity index (χ3n) is 3.27. The summed E-state index contributed by atoms with van der Waals surface area (Å²) < 4.78 is 5.68. The lowest BCUT2D eigenvalue weighted by Gasteiger charge is -2.17. The van der Waals surface area contributed by atoms with E-state index in [2.05, 4.69) is 23.0 Å². The van der Waals surface area contributed by atoms with E-state index in [-0.39, 0.29) is 0 Å². The molecule has 1 aromatic heterocycles. The number of ether oxygens (including phenoxy) is 1. The highest BCUT2D eigenvalue weighted by molar-refractivity contribution is 5.42. The van der Waals surface area contributed by atoms with Gasteiger partial charge in [-0.1, -0.05) is 12.1 Å². The average Bonchev–Trinajstić information content (AvgIpc) is 2.54. The Balaban J connectivity index is 1.72. The predicted octanol–water partition coefficient (Wildman–Crippen LogP) is 2.51. The van der Waals surface area contributed by atoms with Crippen LogP contribution in [0.25, 0.3) is 0 Å². The van der Waals surface area contributed by atoms with Gasteiger partial charge in [0.1, 0.15) is 18.4 Å². The molecule has 0 amide bonds. The monoisotopic (exact) mass is 281 g/mol. The fourth-order valence-corrected chi connectivity index (χ4v) is 1.98. The lowest BCUT2D eigenvalue weighted by atomic mass is 10.2. The molecule has 0 aliphatic heterocycles. The van der Waals surface area contributed by atoms with E-state index in [1.54, 1.807) is 6.07 Å². The van der Waals surface area contributed by atoms with Crippen LogP contribution in [0.2, 0.25) is 0 Å². The number of hydrogen-bond acceptors (Lipinski definition) is 4. The molecular formula is C17H19N3O. The average molecular weight is 281 g/mol. The minimum Gasteiger partial charge on any atom is -0.491 e. The number of benzene rings is 1. The molecule has 108 valence electrons.